The van der Waals surface area contributed by atoms with Crippen molar-refractivity contribution in [1.82, 2.24) is 19.9 Å². The number of alkyl halides is 1. The smallest absolute Gasteiger partial charge is 0.236 e. The summed E-state index contributed by atoms with van der Waals surface area (Å²) in [7, 11) is 0. The number of amides is 1. The first-order valence-corrected chi connectivity index (χ1v) is 6.64. The quantitative estimate of drug-likeness (QED) is 0.794. The number of rotatable bonds is 2. The number of nitrogen functional groups attached to an aromatic ring is 1. The molecule has 7 nitrogen and oxygen atoms in total. The van der Waals surface area contributed by atoms with E-state index in [0.29, 0.717) is 35.9 Å². The van der Waals surface area contributed by atoms with Crippen molar-refractivity contribution in [2.45, 2.75) is 6.42 Å². The maximum Gasteiger partial charge on any atom is 0.236 e. The Bertz CT molecular complexity index is 611. The first-order chi connectivity index (χ1) is 8.69. The van der Waals surface area contributed by atoms with E-state index < -0.39 is 0 Å². The molecule has 3 N–H and O–H groups in total. The molecule has 1 aliphatic rings. The molecule has 1 saturated heterocycles. The summed E-state index contributed by atoms with van der Waals surface area (Å²) in [4.78, 5) is 28.8. The van der Waals surface area contributed by atoms with Crippen LogP contribution in [-0.4, -0.2) is 37.7 Å². The van der Waals surface area contributed by atoms with Crippen LogP contribution in [0.1, 0.15) is 6.42 Å². The summed E-state index contributed by atoms with van der Waals surface area (Å²) >= 11 is 3.39. The number of aromatic amines is 1. The van der Waals surface area contributed by atoms with Crippen LogP contribution in [-0.2, 0) is 4.79 Å². The third-order valence-corrected chi connectivity index (χ3v) is 3.88. The van der Waals surface area contributed by atoms with Gasteiger partial charge in [-0.3, -0.25) is 9.69 Å². The maximum atomic E-state index is 11.9. The molecule has 94 valence electrons. The van der Waals surface area contributed by atoms with E-state index in [4.69, 9.17) is 5.73 Å². The highest BCUT2D eigenvalue weighted by Gasteiger charge is 2.32. The molecule has 2 aromatic heterocycles. The molecule has 1 amide bonds. The fourth-order valence-electron chi connectivity index (χ4n) is 2.04. The summed E-state index contributed by atoms with van der Waals surface area (Å²) < 4.78 is 0. The van der Waals surface area contributed by atoms with E-state index in [0.717, 1.165) is 5.33 Å². The molecule has 1 fully saturated rings. The van der Waals surface area contributed by atoms with Gasteiger partial charge in [0, 0.05) is 18.3 Å². The topological polar surface area (TPSA) is 101 Å². The third-order valence-electron chi connectivity index (χ3n) is 2.97. The Morgan fingerprint density at radius 2 is 2.39 bits per heavy atom. The maximum absolute atomic E-state index is 11.9. The van der Waals surface area contributed by atoms with Gasteiger partial charge in [0.15, 0.2) is 11.5 Å². The van der Waals surface area contributed by atoms with Crippen LogP contribution in [0.5, 0.6) is 0 Å². The van der Waals surface area contributed by atoms with Gasteiger partial charge in [-0.05, 0) is 5.92 Å². The van der Waals surface area contributed by atoms with Crippen LogP contribution >= 0.6 is 15.9 Å². The van der Waals surface area contributed by atoms with E-state index >= 15 is 0 Å². The van der Waals surface area contributed by atoms with Crippen LogP contribution in [0.4, 0.5) is 11.8 Å². The van der Waals surface area contributed by atoms with E-state index in [1.54, 1.807) is 4.90 Å². The molecular formula is C10H11BrN6O. The van der Waals surface area contributed by atoms with Crippen LogP contribution < -0.4 is 10.6 Å². The van der Waals surface area contributed by atoms with Gasteiger partial charge in [-0.15, -0.1) is 0 Å². The number of fused-ring (bicyclic) bond motifs is 1. The number of imidazole rings is 1. The summed E-state index contributed by atoms with van der Waals surface area (Å²) in [6.07, 6.45) is 2.01. The van der Waals surface area contributed by atoms with Crippen LogP contribution in [0.25, 0.3) is 11.2 Å². The van der Waals surface area contributed by atoms with Gasteiger partial charge in [0.1, 0.15) is 5.52 Å². The number of aromatic nitrogens is 4. The van der Waals surface area contributed by atoms with Crippen molar-refractivity contribution in [2.24, 2.45) is 5.92 Å². The van der Waals surface area contributed by atoms with Crippen molar-refractivity contribution in [3.8, 4) is 0 Å². The molecular weight excluding hydrogens is 300 g/mol. The van der Waals surface area contributed by atoms with E-state index in [9.17, 15) is 4.79 Å². The second-order valence-electron chi connectivity index (χ2n) is 4.24. The molecule has 3 rings (SSSR count). The summed E-state index contributed by atoms with van der Waals surface area (Å²) in [6.45, 7) is 0.611. The minimum absolute atomic E-state index is 0.0220. The van der Waals surface area contributed by atoms with Gasteiger partial charge in [0.05, 0.1) is 6.33 Å². The van der Waals surface area contributed by atoms with E-state index in [-0.39, 0.29) is 11.8 Å². The van der Waals surface area contributed by atoms with E-state index in [1.165, 1.54) is 6.33 Å². The lowest BCUT2D eigenvalue weighted by Crippen LogP contribution is -2.27. The minimum atomic E-state index is 0.0220. The normalized spacial score (nSPS) is 19.9. The number of halogens is 1. The number of H-pyrrole nitrogens is 1. The Morgan fingerprint density at radius 1 is 1.56 bits per heavy atom. The molecule has 1 aliphatic heterocycles. The van der Waals surface area contributed by atoms with Gasteiger partial charge >= 0.3 is 0 Å². The fraction of sp³-hybridized carbons (Fsp3) is 0.400. The Balaban J connectivity index is 2.01. The first-order valence-electron chi connectivity index (χ1n) is 5.52. The van der Waals surface area contributed by atoms with E-state index in [1.807, 2.05) is 0 Å². The number of carbonyl (C=O) groups excluding carboxylic acids is 1. The minimum Gasteiger partial charge on any atom is -0.382 e. The average Bonchev–Trinajstić information content (AvgIpc) is 2.95. The second-order valence-corrected chi connectivity index (χ2v) is 4.89. The second kappa shape index (κ2) is 4.20. The van der Waals surface area contributed by atoms with Crippen LogP contribution in [0.2, 0.25) is 0 Å². The first kappa shape index (κ1) is 11.4. The number of carbonyl (C=O) groups is 1. The molecule has 1 unspecified atom stereocenters. The van der Waals surface area contributed by atoms with Crippen LogP contribution in [0.15, 0.2) is 6.33 Å². The Labute approximate surface area is 111 Å². The van der Waals surface area contributed by atoms with Gasteiger partial charge in [0.2, 0.25) is 11.9 Å². The standard InChI is InChI=1S/C10H11BrN6O/c11-2-5-1-6(18)17(3-5)10-15-8(12)7-9(16-10)14-4-13-7/h4-5H,1-3H2,(H3,12,13,14,15,16). The van der Waals surface area contributed by atoms with Gasteiger partial charge in [-0.25, -0.2) is 4.98 Å². The number of nitrogens with zero attached hydrogens (tertiary/aromatic N) is 4. The van der Waals surface area contributed by atoms with E-state index in [2.05, 4.69) is 35.9 Å². The Kier molecular flexibility index (Phi) is 2.66. The largest absolute Gasteiger partial charge is 0.382 e. The number of hydrogen-bond acceptors (Lipinski definition) is 5. The predicted octanol–water partition coefficient (Wildman–Crippen LogP) is 0.683. The number of hydrogen-bond donors (Lipinski definition) is 2. The molecule has 0 bridgehead atoms. The SMILES string of the molecule is Nc1nc(N2CC(CBr)CC2=O)nc2nc[nH]c12. The Morgan fingerprint density at radius 3 is 3.11 bits per heavy atom. The van der Waals surface area contributed by atoms with Crippen molar-refractivity contribution in [1.29, 1.82) is 0 Å². The van der Waals surface area contributed by atoms with Crippen LogP contribution in [0.3, 0.4) is 0 Å². The zero-order chi connectivity index (χ0) is 12.7. The number of nitrogens with two attached hydrogens (primary N) is 1. The predicted molar refractivity (Wildman–Crippen MR) is 70.4 cm³/mol. The van der Waals surface area contributed by atoms with Crippen molar-refractivity contribution >= 4 is 44.8 Å². The molecule has 0 aromatic carbocycles. The summed E-state index contributed by atoms with van der Waals surface area (Å²) in [5.41, 5.74) is 6.89. The fourth-order valence-corrected chi connectivity index (χ4v) is 2.48. The van der Waals surface area contributed by atoms with Crippen molar-refractivity contribution in [2.75, 3.05) is 22.5 Å². The van der Waals surface area contributed by atoms with Gasteiger partial charge < -0.3 is 10.7 Å². The highest BCUT2D eigenvalue weighted by molar-refractivity contribution is 9.09. The summed E-state index contributed by atoms with van der Waals surface area (Å²) in [5, 5.41) is 0.787. The lowest BCUT2D eigenvalue weighted by Gasteiger charge is -2.14. The zero-order valence-corrected chi connectivity index (χ0v) is 11.0. The lowest BCUT2D eigenvalue weighted by molar-refractivity contribution is -0.117. The van der Waals surface area contributed by atoms with Crippen LogP contribution in [0, 0.1) is 5.92 Å². The van der Waals surface area contributed by atoms with Gasteiger partial charge in [-0.1, -0.05) is 15.9 Å². The third kappa shape index (κ3) is 1.72. The Hall–Kier alpha value is -1.70. The molecule has 0 aliphatic carbocycles. The van der Waals surface area contributed by atoms with Gasteiger partial charge in [0.25, 0.3) is 0 Å². The molecule has 8 heteroatoms. The summed E-state index contributed by atoms with van der Waals surface area (Å²) in [5.74, 6) is 0.953. The zero-order valence-electron chi connectivity index (χ0n) is 9.43. The molecule has 0 radical (unpaired) electrons. The highest BCUT2D eigenvalue weighted by Crippen LogP contribution is 2.25. The van der Waals surface area contributed by atoms with Crippen molar-refractivity contribution < 1.29 is 4.79 Å². The molecule has 0 saturated carbocycles. The molecule has 0 spiro atoms. The average molecular weight is 311 g/mol. The van der Waals surface area contributed by atoms with Gasteiger partial charge in [-0.2, -0.15) is 9.97 Å². The monoisotopic (exact) mass is 310 g/mol. The van der Waals surface area contributed by atoms with Crippen molar-refractivity contribution in [3.05, 3.63) is 6.33 Å². The molecule has 18 heavy (non-hydrogen) atoms. The molecule has 3 heterocycles. The highest BCUT2D eigenvalue weighted by atomic mass is 79.9. The van der Waals surface area contributed by atoms with Crippen molar-refractivity contribution in [3.63, 3.8) is 0 Å². The molecule has 1 atom stereocenters. The lowest BCUT2D eigenvalue weighted by atomic mass is 10.2. The molecule has 2 aromatic rings. The summed E-state index contributed by atoms with van der Waals surface area (Å²) in [6, 6.07) is 0. The number of anilines is 2. The number of nitrogens with one attached hydrogen (secondary N) is 1.